The first-order valence-electron chi connectivity index (χ1n) is 10.4. The Morgan fingerprint density at radius 1 is 1.14 bits per heavy atom. The number of carbonyl (C=O) groups is 1. The van der Waals surface area contributed by atoms with Gasteiger partial charge in [-0.15, -0.1) is 11.3 Å². The van der Waals surface area contributed by atoms with Gasteiger partial charge in [0.15, 0.2) is 5.69 Å². The van der Waals surface area contributed by atoms with Crippen molar-refractivity contribution in [1.82, 2.24) is 30.7 Å². The normalized spacial score (nSPS) is 11.8. The van der Waals surface area contributed by atoms with Gasteiger partial charge in [0.25, 0.3) is 5.91 Å². The molecule has 5 aromatic rings. The number of alkyl halides is 3. The number of aromatic nitrogens is 5. The first kappa shape index (κ1) is 22.7. The Labute approximate surface area is 200 Å². The molecule has 0 radical (unpaired) electrons. The van der Waals surface area contributed by atoms with Crippen molar-refractivity contribution in [3.8, 4) is 21.8 Å². The lowest BCUT2D eigenvalue weighted by Crippen LogP contribution is -2.13. The molecule has 0 unspecified atom stereocenters. The third kappa shape index (κ3) is 4.66. The average Bonchev–Trinajstić information content (AvgIpc) is 3.58. The summed E-state index contributed by atoms with van der Waals surface area (Å²) in [5.74, 6) is -0.491. The van der Waals surface area contributed by atoms with E-state index in [4.69, 9.17) is 0 Å². The van der Waals surface area contributed by atoms with Crippen molar-refractivity contribution in [1.29, 1.82) is 0 Å². The predicted molar refractivity (Wildman–Crippen MR) is 127 cm³/mol. The van der Waals surface area contributed by atoms with Gasteiger partial charge in [0.1, 0.15) is 10.7 Å². The number of benzene rings is 2. The zero-order valence-corrected chi connectivity index (χ0v) is 19.0. The highest BCUT2D eigenvalue weighted by Crippen LogP contribution is 2.34. The van der Waals surface area contributed by atoms with Gasteiger partial charge in [0, 0.05) is 22.9 Å². The van der Waals surface area contributed by atoms with Crippen molar-refractivity contribution >= 4 is 33.8 Å². The molecule has 0 saturated carbocycles. The summed E-state index contributed by atoms with van der Waals surface area (Å²) in [4.78, 5) is 17.2. The molecule has 3 heterocycles. The maximum Gasteiger partial charge on any atom is 0.435 e. The second kappa shape index (κ2) is 8.96. The van der Waals surface area contributed by atoms with Crippen molar-refractivity contribution in [2.24, 2.45) is 0 Å². The van der Waals surface area contributed by atoms with Crippen molar-refractivity contribution in [2.45, 2.75) is 12.7 Å². The number of nitrogens with zero attached hydrogens (tertiary/aromatic N) is 3. The van der Waals surface area contributed by atoms with Gasteiger partial charge in [-0.1, -0.05) is 18.2 Å². The van der Waals surface area contributed by atoms with Crippen molar-refractivity contribution < 1.29 is 18.0 Å². The molecule has 0 spiro atoms. The second-order valence-electron chi connectivity index (χ2n) is 7.74. The number of hydrogen-bond acceptors (Lipinski definition) is 6. The predicted octanol–water partition coefficient (Wildman–Crippen LogP) is 5.07. The molecule has 0 aliphatic heterocycles. The smallest absolute Gasteiger partial charge is 0.320 e. The SMILES string of the molecule is CNCc1cccc(-c2cc3cn[nH]c3cc2NC(=O)c2csc(-c3cc(C(F)(F)F)n[nH]3)n2)c1. The van der Waals surface area contributed by atoms with Gasteiger partial charge < -0.3 is 10.6 Å². The summed E-state index contributed by atoms with van der Waals surface area (Å²) in [6.07, 6.45) is -2.87. The van der Waals surface area contributed by atoms with Crippen LogP contribution >= 0.6 is 11.3 Å². The molecule has 0 aliphatic carbocycles. The van der Waals surface area contributed by atoms with Gasteiger partial charge in [-0.2, -0.15) is 23.4 Å². The number of hydrogen-bond donors (Lipinski definition) is 4. The minimum atomic E-state index is -4.57. The Hall–Kier alpha value is -4.03. The second-order valence-corrected chi connectivity index (χ2v) is 8.60. The molecular formula is C23H18F3N7OS. The fourth-order valence-corrected chi connectivity index (χ4v) is 4.42. The van der Waals surface area contributed by atoms with Gasteiger partial charge >= 0.3 is 6.18 Å². The quantitative estimate of drug-likeness (QED) is 0.262. The van der Waals surface area contributed by atoms with Crippen LogP contribution < -0.4 is 10.6 Å². The van der Waals surface area contributed by atoms with Gasteiger partial charge in [0.2, 0.25) is 0 Å². The van der Waals surface area contributed by atoms with Crippen LogP contribution in [0, 0.1) is 0 Å². The molecular weight excluding hydrogens is 479 g/mol. The minimum Gasteiger partial charge on any atom is -0.320 e. The summed E-state index contributed by atoms with van der Waals surface area (Å²) in [5, 5.41) is 21.2. The average molecular weight is 498 g/mol. The van der Waals surface area contributed by atoms with E-state index >= 15 is 0 Å². The maximum atomic E-state index is 13.0. The van der Waals surface area contributed by atoms with E-state index in [1.54, 1.807) is 12.3 Å². The summed E-state index contributed by atoms with van der Waals surface area (Å²) in [6.45, 7) is 0.689. The molecule has 4 N–H and O–H groups in total. The summed E-state index contributed by atoms with van der Waals surface area (Å²) >= 11 is 1.04. The first-order valence-corrected chi connectivity index (χ1v) is 11.3. The van der Waals surface area contributed by atoms with Crippen molar-refractivity contribution in [2.75, 3.05) is 12.4 Å². The van der Waals surface area contributed by atoms with E-state index in [1.165, 1.54) is 5.38 Å². The number of thiazole rings is 1. The van der Waals surface area contributed by atoms with E-state index in [2.05, 4.69) is 36.0 Å². The van der Waals surface area contributed by atoms with E-state index < -0.39 is 17.8 Å². The summed E-state index contributed by atoms with van der Waals surface area (Å²) < 4.78 is 38.6. The monoisotopic (exact) mass is 497 g/mol. The molecule has 0 atom stereocenters. The number of carbonyl (C=O) groups excluding carboxylic acids is 1. The molecule has 3 aromatic heterocycles. The van der Waals surface area contributed by atoms with Crippen molar-refractivity contribution in [3.63, 3.8) is 0 Å². The molecule has 2 aromatic carbocycles. The molecule has 1 amide bonds. The van der Waals surface area contributed by atoms with Gasteiger partial charge in [-0.05, 0) is 42.4 Å². The van der Waals surface area contributed by atoms with E-state index in [9.17, 15) is 18.0 Å². The van der Waals surface area contributed by atoms with Crippen LogP contribution in [0.3, 0.4) is 0 Å². The number of amides is 1. The van der Waals surface area contributed by atoms with Crippen molar-refractivity contribution in [3.05, 3.63) is 71.0 Å². The Morgan fingerprint density at radius 3 is 2.77 bits per heavy atom. The molecule has 12 heteroatoms. The molecule has 35 heavy (non-hydrogen) atoms. The lowest BCUT2D eigenvalue weighted by Gasteiger charge is -2.12. The largest absolute Gasteiger partial charge is 0.435 e. The molecule has 0 fully saturated rings. The standard InChI is InChI=1S/C23H18F3N7OS/c1-27-9-12-3-2-4-13(5-12)15-6-14-10-28-31-16(14)7-17(15)29-21(34)19-11-35-22(30-19)18-8-20(33-32-18)23(24,25)26/h2-8,10-11,27H,9H2,1H3,(H,28,31)(H,29,34)(H,32,33). The number of fused-ring (bicyclic) bond motifs is 1. The van der Waals surface area contributed by atoms with Crippen LogP contribution in [0.4, 0.5) is 18.9 Å². The lowest BCUT2D eigenvalue weighted by atomic mass is 9.99. The van der Waals surface area contributed by atoms with Gasteiger partial charge in [0.05, 0.1) is 23.1 Å². The van der Waals surface area contributed by atoms with Gasteiger partial charge in [-0.3, -0.25) is 15.0 Å². The maximum absolute atomic E-state index is 13.0. The number of anilines is 1. The highest BCUT2D eigenvalue weighted by atomic mass is 32.1. The van der Waals surface area contributed by atoms with Crippen LogP contribution in [0.15, 0.2) is 54.0 Å². The lowest BCUT2D eigenvalue weighted by molar-refractivity contribution is -0.141. The third-order valence-corrected chi connectivity index (χ3v) is 6.16. The van der Waals surface area contributed by atoms with Crippen LogP contribution in [0.25, 0.3) is 32.7 Å². The van der Waals surface area contributed by atoms with Gasteiger partial charge in [-0.25, -0.2) is 4.98 Å². The third-order valence-electron chi connectivity index (χ3n) is 5.28. The van der Waals surface area contributed by atoms with E-state index in [0.717, 1.165) is 45.0 Å². The minimum absolute atomic E-state index is 0.0766. The molecule has 0 bridgehead atoms. The summed E-state index contributed by atoms with van der Waals surface area (Å²) in [6, 6.07) is 12.5. The Bertz CT molecular complexity index is 1520. The Balaban J connectivity index is 1.46. The number of H-pyrrole nitrogens is 2. The number of aromatic amines is 2. The zero-order chi connectivity index (χ0) is 24.6. The zero-order valence-electron chi connectivity index (χ0n) is 18.2. The van der Waals surface area contributed by atoms with Crippen LogP contribution in [0.5, 0.6) is 0 Å². The first-order chi connectivity index (χ1) is 16.8. The number of nitrogens with one attached hydrogen (secondary N) is 4. The molecule has 178 valence electrons. The fourth-order valence-electron chi connectivity index (χ4n) is 3.65. The van der Waals surface area contributed by atoms with E-state index in [0.29, 0.717) is 12.2 Å². The molecule has 0 aliphatic rings. The summed E-state index contributed by atoms with van der Waals surface area (Å²) in [5.41, 5.74) is 3.19. The van der Waals surface area contributed by atoms with Crippen LogP contribution in [0.2, 0.25) is 0 Å². The Kier molecular flexibility index (Phi) is 5.83. The number of halogens is 3. The van der Waals surface area contributed by atoms with Crippen LogP contribution in [-0.4, -0.2) is 38.3 Å². The van der Waals surface area contributed by atoms with Crippen LogP contribution in [-0.2, 0) is 12.7 Å². The van der Waals surface area contributed by atoms with E-state index in [1.807, 2.05) is 37.4 Å². The molecule has 5 rings (SSSR count). The highest BCUT2D eigenvalue weighted by molar-refractivity contribution is 7.13. The molecule has 0 saturated heterocycles. The topological polar surface area (TPSA) is 111 Å². The number of rotatable bonds is 6. The molecule has 8 nitrogen and oxygen atoms in total. The highest BCUT2D eigenvalue weighted by Gasteiger charge is 2.34. The van der Waals surface area contributed by atoms with Crippen LogP contribution in [0.1, 0.15) is 21.7 Å². The Morgan fingerprint density at radius 2 is 2.00 bits per heavy atom. The fraction of sp³-hybridized carbons (Fsp3) is 0.130. The van der Waals surface area contributed by atoms with E-state index in [-0.39, 0.29) is 16.4 Å². The summed E-state index contributed by atoms with van der Waals surface area (Å²) in [7, 11) is 1.87.